The molecule has 1 aromatic heterocycles. The maximum atomic E-state index is 13.1. The Morgan fingerprint density at radius 3 is 2.40 bits per heavy atom. The second-order valence-electron chi connectivity index (χ2n) is 3.97. The normalized spacial score (nSPS) is 11.7. The van der Waals surface area contributed by atoms with Gasteiger partial charge < -0.3 is 0 Å². The monoisotopic (exact) mass is 276 g/mol. The van der Waals surface area contributed by atoms with Gasteiger partial charge in [-0.15, -0.1) is 0 Å². The number of nitriles is 1. The van der Waals surface area contributed by atoms with Gasteiger partial charge in [0.1, 0.15) is 5.92 Å². The average Bonchev–Trinajstić information content (AvgIpc) is 2.46. The molecule has 0 saturated heterocycles. The average molecular weight is 276 g/mol. The van der Waals surface area contributed by atoms with Crippen LogP contribution in [0.4, 0.5) is 13.2 Å². The first-order chi connectivity index (χ1) is 9.54. The number of aromatic nitrogens is 1. The molecule has 1 atom stereocenters. The second-order valence-corrected chi connectivity index (χ2v) is 3.97. The molecule has 1 aromatic carbocycles. The number of hydrogen-bond acceptors (Lipinski definition) is 3. The molecule has 0 fully saturated rings. The lowest BCUT2D eigenvalue weighted by atomic mass is 9.93. The van der Waals surface area contributed by atoms with Crippen LogP contribution in [0.5, 0.6) is 0 Å². The van der Waals surface area contributed by atoms with Gasteiger partial charge in [-0.3, -0.25) is 9.78 Å². The van der Waals surface area contributed by atoms with Gasteiger partial charge in [0.25, 0.3) is 0 Å². The molecule has 0 bridgehead atoms. The summed E-state index contributed by atoms with van der Waals surface area (Å²) >= 11 is 0. The van der Waals surface area contributed by atoms with Crippen LogP contribution in [0.25, 0.3) is 0 Å². The van der Waals surface area contributed by atoms with E-state index in [1.165, 1.54) is 24.5 Å². The second kappa shape index (κ2) is 5.53. The van der Waals surface area contributed by atoms with Crippen LogP contribution in [-0.4, -0.2) is 10.8 Å². The van der Waals surface area contributed by atoms with Crippen LogP contribution in [0.2, 0.25) is 0 Å². The van der Waals surface area contributed by atoms with E-state index in [0.717, 1.165) is 0 Å². The van der Waals surface area contributed by atoms with Crippen molar-refractivity contribution in [2.24, 2.45) is 0 Å². The summed E-state index contributed by atoms with van der Waals surface area (Å²) in [6.45, 7) is 0. The van der Waals surface area contributed by atoms with Crippen molar-refractivity contribution in [2.45, 2.75) is 5.92 Å². The van der Waals surface area contributed by atoms with Crippen LogP contribution in [0.15, 0.2) is 36.7 Å². The fourth-order valence-electron chi connectivity index (χ4n) is 1.70. The van der Waals surface area contributed by atoms with Crippen molar-refractivity contribution in [3.8, 4) is 6.07 Å². The zero-order chi connectivity index (χ0) is 14.7. The highest BCUT2D eigenvalue weighted by atomic mass is 19.2. The molecule has 3 nitrogen and oxygen atoms in total. The Morgan fingerprint density at radius 1 is 1.25 bits per heavy atom. The molecule has 2 aromatic rings. The van der Waals surface area contributed by atoms with Gasteiger partial charge in [-0.1, -0.05) is 6.07 Å². The van der Waals surface area contributed by atoms with Gasteiger partial charge in [-0.2, -0.15) is 5.26 Å². The molecule has 2 rings (SSSR count). The van der Waals surface area contributed by atoms with Crippen LogP contribution in [-0.2, 0) is 0 Å². The van der Waals surface area contributed by atoms with Crippen LogP contribution in [0.3, 0.4) is 0 Å². The van der Waals surface area contributed by atoms with E-state index in [1.54, 1.807) is 6.07 Å². The van der Waals surface area contributed by atoms with Crippen molar-refractivity contribution in [1.29, 1.82) is 5.26 Å². The third-order valence-corrected chi connectivity index (χ3v) is 2.68. The number of benzene rings is 1. The Kier molecular flexibility index (Phi) is 3.80. The molecule has 0 saturated carbocycles. The number of rotatable bonds is 3. The number of carbonyl (C=O) groups is 1. The largest absolute Gasteiger partial charge is 0.292 e. The number of Topliss-reactive ketones (excluding diaryl/α,β-unsaturated/α-hetero) is 1. The number of ketones is 1. The Hall–Kier alpha value is -2.68. The Balaban J connectivity index is 2.43. The van der Waals surface area contributed by atoms with Crippen LogP contribution >= 0.6 is 0 Å². The number of pyridine rings is 1. The maximum Gasteiger partial charge on any atom is 0.194 e. The topological polar surface area (TPSA) is 53.8 Å². The molecule has 0 aliphatic heterocycles. The van der Waals surface area contributed by atoms with Gasteiger partial charge in [-0.05, 0) is 23.8 Å². The number of halogens is 3. The highest BCUT2D eigenvalue weighted by Gasteiger charge is 2.24. The van der Waals surface area contributed by atoms with E-state index in [1.807, 2.05) is 0 Å². The van der Waals surface area contributed by atoms with E-state index in [4.69, 9.17) is 5.26 Å². The van der Waals surface area contributed by atoms with Crippen LogP contribution < -0.4 is 0 Å². The smallest absolute Gasteiger partial charge is 0.194 e. The predicted molar refractivity (Wildman–Crippen MR) is 63.2 cm³/mol. The van der Waals surface area contributed by atoms with Crippen molar-refractivity contribution in [3.63, 3.8) is 0 Å². The lowest BCUT2D eigenvalue weighted by molar-refractivity contribution is 0.0977. The summed E-state index contributed by atoms with van der Waals surface area (Å²) in [5.74, 6) is -6.69. The standard InChI is InChI=1S/C14H7F3N2O/c15-11-4-9(5-12(16)13(11)17)14(20)10(6-18)8-2-1-3-19-7-8/h1-5,7,10H. The number of carbonyl (C=O) groups excluding carboxylic acids is 1. The molecule has 0 N–H and O–H groups in total. The van der Waals surface area contributed by atoms with Crippen LogP contribution in [0, 0.1) is 28.8 Å². The molecule has 20 heavy (non-hydrogen) atoms. The first kappa shape index (κ1) is 13.7. The fourth-order valence-corrected chi connectivity index (χ4v) is 1.70. The minimum atomic E-state index is -1.66. The van der Waals surface area contributed by atoms with Gasteiger partial charge in [0.05, 0.1) is 6.07 Å². The predicted octanol–water partition coefficient (Wildman–Crippen LogP) is 2.99. The summed E-state index contributed by atoms with van der Waals surface area (Å²) in [7, 11) is 0. The minimum Gasteiger partial charge on any atom is -0.292 e. The van der Waals surface area contributed by atoms with E-state index in [0.29, 0.717) is 17.7 Å². The van der Waals surface area contributed by atoms with Crippen molar-refractivity contribution >= 4 is 5.78 Å². The van der Waals surface area contributed by atoms with Gasteiger partial charge in [0.15, 0.2) is 23.2 Å². The van der Waals surface area contributed by atoms with E-state index in [-0.39, 0.29) is 0 Å². The zero-order valence-electron chi connectivity index (χ0n) is 9.98. The van der Waals surface area contributed by atoms with E-state index < -0.39 is 34.7 Å². The lowest BCUT2D eigenvalue weighted by Crippen LogP contribution is -2.12. The molecule has 6 heteroatoms. The number of hydrogen-bond donors (Lipinski definition) is 0. The molecule has 100 valence electrons. The molecule has 0 radical (unpaired) electrons. The first-order valence-corrected chi connectivity index (χ1v) is 5.53. The summed E-state index contributed by atoms with van der Waals surface area (Å²) in [6, 6.07) is 5.91. The molecule has 0 aliphatic carbocycles. The first-order valence-electron chi connectivity index (χ1n) is 5.53. The van der Waals surface area contributed by atoms with Gasteiger partial charge in [-0.25, -0.2) is 13.2 Å². The van der Waals surface area contributed by atoms with E-state index in [9.17, 15) is 18.0 Å². The molecule has 0 spiro atoms. The zero-order valence-corrected chi connectivity index (χ0v) is 9.98. The Labute approximate surface area is 112 Å². The quantitative estimate of drug-likeness (QED) is 0.639. The Morgan fingerprint density at radius 2 is 1.90 bits per heavy atom. The third-order valence-electron chi connectivity index (χ3n) is 2.68. The van der Waals surface area contributed by atoms with Crippen molar-refractivity contribution < 1.29 is 18.0 Å². The summed E-state index contributed by atoms with van der Waals surface area (Å²) in [6.07, 6.45) is 2.77. The summed E-state index contributed by atoms with van der Waals surface area (Å²) in [5, 5.41) is 9.04. The maximum absolute atomic E-state index is 13.1. The molecular weight excluding hydrogens is 269 g/mol. The highest BCUT2D eigenvalue weighted by Crippen LogP contribution is 2.22. The minimum absolute atomic E-state index is 0.296. The molecular formula is C14H7F3N2O. The summed E-state index contributed by atoms with van der Waals surface area (Å²) in [5.41, 5.74) is -0.109. The Bertz CT molecular complexity index is 672. The molecule has 0 amide bonds. The molecule has 1 unspecified atom stereocenters. The van der Waals surface area contributed by atoms with Crippen molar-refractivity contribution in [1.82, 2.24) is 4.98 Å². The van der Waals surface area contributed by atoms with Gasteiger partial charge in [0.2, 0.25) is 0 Å². The summed E-state index contributed by atoms with van der Waals surface area (Å²) < 4.78 is 39.1. The van der Waals surface area contributed by atoms with Crippen molar-refractivity contribution in [3.05, 3.63) is 65.2 Å². The van der Waals surface area contributed by atoms with E-state index in [2.05, 4.69) is 4.98 Å². The fraction of sp³-hybridized carbons (Fsp3) is 0.0714. The lowest BCUT2D eigenvalue weighted by Gasteiger charge is -2.08. The third kappa shape index (κ3) is 2.52. The van der Waals surface area contributed by atoms with Gasteiger partial charge in [0, 0.05) is 18.0 Å². The SMILES string of the molecule is N#CC(C(=O)c1cc(F)c(F)c(F)c1)c1cccnc1. The van der Waals surface area contributed by atoms with Crippen molar-refractivity contribution in [2.75, 3.05) is 0 Å². The molecule has 0 aliphatic rings. The van der Waals surface area contributed by atoms with Gasteiger partial charge >= 0.3 is 0 Å². The highest BCUT2D eigenvalue weighted by molar-refractivity contribution is 6.02. The van der Waals surface area contributed by atoms with E-state index >= 15 is 0 Å². The number of nitrogens with zero attached hydrogens (tertiary/aromatic N) is 2. The van der Waals surface area contributed by atoms with Crippen LogP contribution in [0.1, 0.15) is 21.8 Å². The molecule has 1 heterocycles. The summed E-state index contributed by atoms with van der Waals surface area (Å²) in [4.78, 5) is 15.9.